The second-order valence-corrected chi connectivity index (χ2v) is 9.66. The van der Waals surface area contributed by atoms with E-state index >= 15 is 0 Å². The van der Waals surface area contributed by atoms with Crippen LogP contribution in [0.15, 0.2) is 28.0 Å². The molecule has 31 heavy (non-hydrogen) atoms. The molecule has 1 aliphatic rings. The number of aliphatic hydroxyl groups is 2. The molecule has 3 heterocycles. The van der Waals surface area contributed by atoms with Crippen LogP contribution in [0.4, 0.5) is 5.82 Å². The molecular formula is C20H19BrN6O3S. The van der Waals surface area contributed by atoms with Crippen molar-refractivity contribution in [3.63, 3.8) is 0 Å². The van der Waals surface area contributed by atoms with Gasteiger partial charge in [0.05, 0.1) is 19.8 Å². The lowest BCUT2D eigenvalue weighted by Gasteiger charge is -2.25. The van der Waals surface area contributed by atoms with Gasteiger partial charge < -0.3 is 20.8 Å². The van der Waals surface area contributed by atoms with Gasteiger partial charge in [0.15, 0.2) is 17.0 Å². The highest BCUT2D eigenvalue weighted by molar-refractivity contribution is 9.11. The van der Waals surface area contributed by atoms with Gasteiger partial charge in [0, 0.05) is 20.5 Å². The highest BCUT2D eigenvalue weighted by Gasteiger charge is 2.49. The van der Waals surface area contributed by atoms with Crippen molar-refractivity contribution in [3.05, 3.63) is 38.7 Å². The first-order chi connectivity index (χ1) is 14.8. The van der Waals surface area contributed by atoms with E-state index in [1.165, 1.54) is 24.7 Å². The van der Waals surface area contributed by atoms with Crippen LogP contribution < -0.4 is 10.6 Å². The summed E-state index contributed by atoms with van der Waals surface area (Å²) in [5.41, 5.74) is 0.0304. The Morgan fingerprint density at radius 2 is 2.13 bits per heavy atom. The summed E-state index contributed by atoms with van der Waals surface area (Å²) in [6, 6.07) is 3.81. The maximum atomic E-state index is 12.4. The van der Waals surface area contributed by atoms with Gasteiger partial charge in [-0.1, -0.05) is 0 Å². The minimum absolute atomic E-state index is 0.105. The number of amides is 1. The number of carbonyl (C=O) groups excluding carboxylic acids is 1. The molecule has 0 aliphatic heterocycles. The smallest absolute Gasteiger partial charge is 0.229 e. The van der Waals surface area contributed by atoms with Gasteiger partial charge in [-0.05, 0) is 46.8 Å². The molecule has 0 saturated heterocycles. The normalized spacial score (nSPS) is 20.6. The van der Waals surface area contributed by atoms with Gasteiger partial charge >= 0.3 is 0 Å². The summed E-state index contributed by atoms with van der Waals surface area (Å²) >= 11 is 4.91. The topological polar surface area (TPSA) is 125 Å². The van der Waals surface area contributed by atoms with Crippen LogP contribution in [0.5, 0.6) is 0 Å². The Bertz CT molecular complexity index is 1290. The zero-order valence-corrected chi connectivity index (χ0v) is 19.3. The van der Waals surface area contributed by atoms with Crippen LogP contribution in [0, 0.1) is 17.3 Å². The van der Waals surface area contributed by atoms with Gasteiger partial charge in [-0.15, -0.1) is 11.3 Å². The van der Waals surface area contributed by atoms with E-state index in [4.69, 9.17) is 0 Å². The molecular weight excluding hydrogens is 484 g/mol. The van der Waals surface area contributed by atoms with Crippen LogP contribution in [0.1, 0.15) is 24.0 Å². The van der Waals surface area contributed by atoms with Gasteiger partial charge in [0.25, 0.3) is 0 Å². The number of halogens is 1. The quantitative estimate of drug-likeness (QED) is 0.405. The second kappa shape index (κ2) is 7.96. The predicted octanol–water partition coefficient (Wildman–Crippen LogP) is 2.34. The van der Waals surface area contributed by atoms with E-state index in [-0.39, 0.29) is 23.9 Å². The molecule has 1 aliphatic carbocycles. The number of carbonyl (C=O) groups is 1. The van der Waals surface area contributed by atoms with Crippen LogP contribution in [-0.2, 0) is 4.79 Å². The lowest BCUT2D eigenvalue weighted by molar-refractivity contribution is -0.134. The van der Waals surface area contributed by atoms with E-state index in [0.717, 1.165) is 8.66 Å². The Hall–Kier alpha value is -2.94. The monoisotopic (exact) mass is 502 g/mol. The number of aromatic nitrogens is 4. The number of aliphatic hydroxyl groups excluding tert-OH is 2. The molecule has 4 N–H and O–H groups in total. The molecule has 0 saturated carbocycles. The average molecular weight is 503 g/mol. The number of fused-ring (bicyclic) bond motifs is 1. The fourth-order valence-corrected chi connectivity index (χ4v) is 4.76. The predicted molar refractivity (Wildman–Crippen MR) is 122 cm³/mol. The molecule has 160 valence electrons. The van der Waals surface area contributed by atoms with Gasteiger partial charge in [-0.25, -0.2) is 15.0 Å². The maximum Gasteiger partial charge on any atom is 0.229 e. The van der Waals surface area contributed by atoms with Crippen molar-refractivity contribution in [2.45, 2.75) is 19.4 Å². The molecule has 1 unspecified atom stereocenters. The van der Waals surface area contributed by atoms with E-state index in [2.05, 4.69) is 53.4 Å². The first kappa shape index (κ1) is 21.3. The average Bonchev–Trinajstić information content (AvgIpc) is 3.44. The Morgan fingerprint density at radius 3 is 2.77 bits per heavy atom. The van der Waals surface area contributed by atoms with Crippen LogP contribution in [-0.4, -0.2) is 55.8 Å². The SMILES string of the molecule is CNC(=O)C1(C)CC(n2cnc3c(NC)nc(C#Cc4ccc(Br)s4)nc32)=C(O)[C@@H]1O. The number of imidazole rings is 1. The van der Waals surface area contributed by atoms with Crippen molar-refractivity contribution >= 4 is 55.9 Å². The fraction of sp³-hybridized carbons (Fsp3) is 0.300. The lowest BCUT2D eigenvalue weighted by atomic mass is 9.84. The number of allylic oxidation sites excluding steroid dienone is 1. The molecule has 4 rings (SSSR count). The number of hydrogen-bond donors (Lipinski definition) is 4. The van der Waals surface area contributed by atoms with Crippen LogP contribution in [0.25, 0.3) is 16.9 Å². The van der Waals surface area contributed by atoms with E-state index in [9.17, 15) is 15.0 Å². The fourth-order valence-electron chi connectivity index (χ4n) is 3.52. The summed E-state index contributed by atoms with van der Waals surface area (Å²) in [5, 5.41) is 26.7. The van der Waals surface area contributed by atoms with Crippen LogP contribution >= 0.6 is 27.3 Å². The molecule has 0 aromatic carbocycles. The molecule has 2 atom stereocenters. The maximum absolute atomic E-state index is 12.4. The minimum atomic E-state index is -1.35. The molecule has 11 heteroatoms. The third-order valence-corrected chi connectivity index (χ3v) is 6.77. The molecule has 0 radical (unpaired) electrons. The highest BCUT2D eigenvalue weighted by Crippen LogP contribution is 2.44. The van der Waals surface area contributed by atoms with Crippen molar-refractivity contribution in [1.82, 2.24) is 24.8 Å². The third kappa shape index (κ3) is 3.56. The summed E-state index contributed by atoms with van der Waals surface area (Å²) in [6.45, 7) is 1.60. The van der Waals surface area contributed by atoms with Crippen molar-refractivity contribution in [2.75, 3.05) is 19.4 Å². The van der Waals surface area contributed by atoms with Gasteiger partial charge in [-0.2, -0.15) is 0 Å². The van der Waals surface area contributed by atoms with Crippen LogP contribution in [0.2, 0.25) is 0 Å². The number of anilines is 1. The molecule has 1 amide bonds. The highest BCUT2D eigenvalue weighted by atomic mass is 79.9. The van der Waals surface area contributed by atoms with Crippen molar-refractivity contribution < 1.29 is 15.0 Å². The molecule has 0 spiro atoms. The second-order valence-electron chi connectivity index (χ2n) is 7.19. The van der Waals surface area contributed by atoms with E-state index < -0.39 is 11.5 Å². The largest absolute Gasteiger partial charge is 0.508 e. The first-order valence-corrected chi connectivity index (χ1v) is 10.9. The van der Waals surface area contributed by atoms with Gasteiger partial charge in [-0.3, -0.25) is 9.36 Å². The Kier molecular flexibility index (Phi) is 5.47. The van der Waals surface area contributed by atoms with Crippen molar-refractivity contribution in [2.24, 2.45) is 5.41 Å². The number of nitrogens with zero attached hydrogens (tertiary/aromatic N) is 4. The number of thiophene rings is 1. The summed E-state index contributed by atoms with van der Waals surface area (Å²) in [5.74, 6) is 6.09. The minimum Gasteiger partial charge on any atom is -0.508 e. The zero-order chi connectivity index (χ0) is 22.3. The summed E-state index contributed by atoms with van der Waals surface area (Å²) < 4.78 is 2.54. The number of hydrogen-bond acceptors (Lipinski definition) is 8. The van der Waals surface area contributed by atoms with Gasteiger partial charge in [0.2, 0.25) is 11.7 Å². The Labute approximate surface area is 190 Å². The Morgan fingerprint density at radius 1 is 1.35 bits per heavy atom. The molecule has 3 aromatic heterocycles. The van der Waals surface area contributed by atoms with Crippen molar-refractivity contribution in [1.29, 1.82) is 0 Å². The lowest BCUT2D eigenvalue weighted by Crippen LogP contribution is -2.43. The first-order valence-electron chi connectivity index (χ1n) is 9.31. The van der Waals surface area contributed by atoms with Crippen molar-refractivity contribution in [3.8, 4) is 11.8 Å². The van der Waals surface area contributed by atoms with E-state index in [1.807, 2.05) is 12.1 Å². The summed E-state index contributed by atoms with van der Waals surface area (Å²) in [4.78, 5) is 26.5. The van der Waals surface area contributed by atoms with Gasteiger partial charge in [0.1, 0.15) is 18.2 Å². The standard InChI is InChI=1S/C20H19BrN6O3S/c1-20(19(30)23-3)8-11(15(28)16(20)29)27-9-24-14-17(22-2)25-13(26-18(14)27)7-5-10-4-6-12(21)31-10/h4,6,9,16,28-29H,8H2,1-3H3,(H,23,30)(H,22,25,26)/t16-,20?/m0/s1. The summed E-state index contributed by atoms with van der Waals surface area (Å²) in [6.07, 6.45) is 0.248. The van der Waals surface area contributed by atoms with Crippen LogP contribution in [0.3, 0.4) is 0 Å². The molecule has 0 fully saturated rings. The molecule has 3 aromatic rings. The summed E-state index contributed by atoms with van der Waals surface area (Å²) in [7, 11) is 3.21. The molecule has 9 nitrogen and oxygen atoms in total. The molecule has 0 bridgehead atoms. The Balaban J connectivity index is 1.81. The number of rotatable bonds is 3. The van der Waals surface area contributed by atoms with E-state index in [1.54, 1.807) is 18.5 Å². The third-order valence-electron chi connectivity index (χ3n) is 5.23. The number of nitrogens with one attached hydrogen (secondary N) is 2. The zero-order valence-electron chi connectivity index (χ0n) is 16.9. The van der Waals surface area contributed by atoms with E-state index in [0.29, 0.717) is 22.7 Å².